The first-order valence-electron chi connectivity index (χ1n) is 8.92. The molecule has 25 heavy (non-hydrogen) atoms. The summed E-state index contributed by atoms with van der Waals surface area (Å²) in [6.07, 6.45) is 5.41. The van der Waals surface area contributed by atoms with Gasteiger partial charge >= 0.3 is 0 Å². The molecule has 1 heterocycles. The zero-order valence-electron chi connectivity index (χ0n) is 15.2. The summed E-state index contributed by atoms with van der Waals surface area (Å²) in [4.78, 5) is 6.66. The molecule has 6 nitrogen and oxygen atoms in total. The van der Waals surface area contributed by atoms with Crippen LogP contribution in [-0.4, -0.2) is 58.8 Å². The monoisotopic (exact) mass is 366 g/mol. The van der Waals surface area contributed by atoms with E-state index in [2.05, 4.69) is 50.3 Å². The van der Waals surface area contributed by atoms with Crippen molar-refractivity contribution in [3.63, 3.8) is 0 Å². The molecule has 0 atom stereocenters. The first kappa shape index (κ1) is 19.7. The van der Waals surface area contributed by atoms with Gasteiger partial charge in [-0.15, -0.1) is 0 Å². The highest BCUT2D eigenvalue weighted by atomic mass is 32.2. The molecule has 1 aliphatic rings. The second-order valence-electron chi connectivity index (χ2n) is 6.61. The lowest BCUT2D eigenvalue weighted by Gasteiger charge is -2.34. The number of nitrogens with one attached hydrogen (secondary N) is 2. The van der Waals surface area contributed by atoms with Crippen LogP contribution in [0.5, 0.6) is 0 Å². The van der Waals surface area contributed by atoms with Gasteiger partial charge in [0.15, 0.2) is 5.96 Å². The fourth-order valence-electron chi connectivity index (χ4n) is 3.17. The molecule has 1 aromatic carbocycles. The summed E-state index contributed by atoms with van der Waals surface area (Å²) in [5, 5.41) is 3.33. The van der Waals surface area contributed by atoms with Crippen LogP contribution in [0.1, 0.15) is 24.8 Å². The van der Waals surface area contributed by atoms with Crippen LogP contribution in [0.4, 0.5) is 0 Å². The van der Waals surface area contributed by atoms with Gasteiger partial charge in [0.25, 0.3) is 0 Å². The van der Waals surface area contributed by atoms with Crippen molar-refractivity contribution in [2.24, 2.45) is 10.9 Å². The summed E-state index contributed by atoms with van der Waals surface area (Å²) in [5.74, 6) is 1.65. The van der Waals surface area contributed by atoms with Crippen LogP contribution in [-0.2, 0) is 16.4 Å². The molecule has 0 radical (unpaired) electrons. The van der Waals surface area contributed by atoms with Gasteiger partial charge in [0.05, 0.1) is 6.26 Å². The summed E-state index contributed by atoms with van der Waals surface area (Å²) in [7, 11) is -1.30. The third kappa shape index (κ3) is 7.44. The molecule has 0 aromatic heterocycles. The third-order valence-corrected chi connectivity index (χ3v) is 5.22. The Balaban J connectivity index is 1.69. The molecule has 1 aromatic rings. The number of hydrogen-bond acceptors (Lipinski definition) is 3. The Morgan fingerprint density at radius 1 is 1.20 bits per heavy atom. The Morgan fingerprint density at radius 3 is 2.48 bits per heavy atom. The zero-order chi connectivity index (χ0) is 18.1. The predicted molar refractivity (Wildman–Crippen MR) is 103 cm³/mol. The molecule has 140 valence electrons. The Kier molecular flexibility index (Phi) is 7.71. The predicted octanol–water partition coefficient (Wildman–Crippen LogP) is 1.46. The highest BCUT2D eigenvalue weighted by Gasteiger charge is 2.21. The lowest BCUT2D eigenvalue weighted by Crippen LogP contribution is -2.46. The quantitative estimate of drug-likeness (QED) is 0.435. The van der Waals surface area contributed by atoms with Crippen molar-refractivity contribution < 1.29 is 8.42 Å². The van der Waals surface area contributed by atoms with E-state index in [-0.39, 0.29) is 0 Å². The van der Waals surface area contributed by atoms with Gasteiger partial charge in [0.1, 0.15) is 0 Å². The summed E-state index contributed by atoms with van der Waals surface area (Å²) in [5.41, 5.74) is 1.42. The van der Waals surface area contributed by atoms with Gasteiger partial charge in [-0.25, -0.2) is 13.1 Å². The summed E-state index contributed by atoms with van der Waals surface area (Å²) in [6, 6.07) is 10.7. The van der Waals surface area contributed by atoms with E-state index in [0.717, 1.165) is 37.8 Å². The van der Waals surface area contributed by atoms with Gasteiger partial charge in [-0.2, -0.15) is 0 Å². The van der Waals surface area contributed by atoms with Crippen LogP contribution < -0.4 is 10.0 Å². The SMILES string of the molecule is CN=C(NCCCNS(C)(=O)=O)N1CCC(Cc2ccccc2)CC1. The molecule has 0 unspecified atom stereocenters. The Morgan fingerprint density at radius 2 is 1.88 bits per heavy atom. The average molecular weight is 367 g/mol. The molecule has 2 N–H and O–H groups in total. The van der Waals surface area contributed by atoms with Gasteiger partial charge < -0.3 is 10.2 Å². The van der Waals surface area contributed by atoms with Crippen LogP contribution in [0, 0.1) is 5.92 Å². The highest BCUT2D eigenvalue weighted by Crippen LogP contribution is 2.21. The highest BCUT2D eigenvalue weighted by molar-refractivity contribution is 7.88. The van der Waals surface area contributed by atoms with E-state index in [1.165, 1.54) is 24.7 Å². The zero-order valence-corrected chi connectivity index (χ0v) is 16.1. The van der Waals surface area contributed by atoms with Gasteiger partial charge in [-0.1, -0.05) is 30.3 Å². The number of aliphatic imine (C=N–C) groups is 1. The number of likely N-dealkylation sites (tertiary alicyclic amines) is 1. The first-order chi connectivity index (χ1) is 12.0. The minimum Gasteiger partial charge on any atom is -0.356 e. The number of hydrogen-bond donors (Lipinski definition) is 2. The molecule has 7 heteroatoms. The van der Waals surface area contributed by atoms with Gasteiger partial charge in [0, 0.05) is 33.2 Å². The van der Waals surface area contributed by atoms with Crippen molar-refractivity contribution in [3.05, 3.63) is 35.9 Å². The standard InChI is InChI=1S/C18H30N4O2S/c1-19-18(20-11-6-12-21-25(2,23)24)22-13-9-17(10-14-22)15-16-7-4-3-5-8-16/h3-5,7-8,17,21H,6,9-15H2,1-2H3,(H,19,20). The van der Waals surface area contributed by atoms with Crippen LogP contribution in [0.2, 0.25) is 0 Å². The molecular formula is C18H30N4O2S. The number of piperidine rings is 1. The minimum atomic E-state index is -3.10. The van der Waals surface area contributed by atoms with E-state index in [0.29, 0.717) is 13.1 Å². The maximum atomic E-state index is 11.0. The lowest BCUT2D eigenvalue weighted by molar-refractivity contribution is 0.259. The van der Waals surface area contributed by atoms with Crippen LogP contribution >= 0.6 is 0 Å². The number of nitrogens with zero attached hydrogens (tertiary/aromatic N) is 2. The third-order valence-electron chi connectivity index (χ3n) is 4.49. The first-order valence-corrected chi connectivity index (χ1v) is 10.8. The minimum absolute atomic E-state index is 0.446. The van der Waals surface area contributed by atoms with Crippen molar-refractivity contribution in [2.45, 2.75) is 25.7 Å². The maximum absolute atomic E-state index is 11.0. The largest absolute Gasteiger partial charge is 0.356 e. The van der Waals surface area contributed by atoms with E-state index >= 15 is 0 Å². The molecule has 1 fully saturated rings. The van der Waals surface area contributed by atoms with Crippen LogP contribution in [0.25, 0.3) is 0 Å². The molecular weight excluding hydrogens is 336 g/mol. The van der Waals surface area contributed by atoms with Crippen LogP contribution in [0.15, 0.2) is 35.3 Å². The average Bonchev–Trinajstić information content (AvgIpc) is 2.59. The van der Waals surface area contributed by atoms with E-state index in [4.69, 9.17) is 0 Å². The smallest absolute Gasteiger partial charge is 0.208 e. The van der Waals surface area contributed by atoms with E-state index in [1.807, 2.05) is 0 Å². The van der Waals surface area contributed by atoms with Crippen molar-refractivity contribution in [3.8, 4) is 0 Å². The number of rotatable bonds is 7. The van der Waals surface area contributed by atoms with Crippen molar-refractivity contribution in [2.75, 3.05) is 39.5 Å². The lowest BCUT2D eigenvalue weighted by atomic mass is 9.90. The normalized spacial score (nSPS) is 16.9. The van der Waals surface area contributed by atoms with Gasteiger partial charge in [-0.05, 0) is 37.2 Å². The second-order valence-corrected chi connectivity index (χ2v) is 8.45. The van der Waals surface area contributed by atoms with Crippen molar-refractivity contribution >= 4 is 16.0 Å². The van der Waals surface area contributed by atoms with E-state index < -0.39 is 10.0 Å². The second kappa shape index (κ2) is 9.77. The van der Waals surface area contributed by atoms with Crippen molar-refractivity contribution in [1.29, 1.82) is 0 Å². The van der Waals surface area contributed by atoms with Gasteiger partial charge in [0.2, 0.25) is 10.0 Å². The molecule has 0 aliphatic carbocycles. The molecule has 1 aliphatic heterocycles. The van der Waals surface area contributed by atoms with E-state index in [9.17, 15) is 8.42 Å². The Bertz CT molecular complexity index is 638. The molecule has 0 bridgehead atoms. The van der Waals surface area contributed by atoms with Crippen molar-refractivity contribution in [1.82, 2.24) is 14.9 Å². The Labute approximate surface area is 151 Å². The molecule has 1 saturated heterocycles. The van der Waals surface area contributed by atoms with Crippen LogP contribution in [0.3, 0.4) is 0 Å². The molecule has 2 rings (SSSR count). The Hall–Kier alpha value is -1.60. The fourth-order valence-corrected chi connectivity index (χ4v) is 3.69. The van der Waals surface area contributed by atoms with E-state index in [1.54, 1.807) is 7.05 Å². The maximum Gasteiger partial charge on any atom is 0.208 e. The topological polar surface area (TPSA) is 73.8 Å². The summed E-state index contributed by atoms with van der Waals surface area (Å²) >= 11 is 0. The molecule has 0 amide bonds. The summed E-state index contributed by atoms with van der Waals surface area (Å²) in [6.45, 7) is 3.18. The van der Waals surface area contributed by atoms with Gasteiger partial charge in [-0.3, -0.25) is 4.99 Å². The summed E-state index contributed by atoms with van der Waals surface area (Å²) < 4.78 is 24.6. The molecule has 0 saturated carbocycles. The number of guanidine groups is 1. The number of sulfonamides is 1. The molecule has 0 spiro atoms. The fraction of sp³-hybridized carbons (Fsp3) is 0.611. The number of benzene rings is 1.